The number of amides is 1. The Morgan fingerprint density at radius 1 is 1.62 bits per heavy atom. The molecule has 0 aromatic carbocycles. The maximum absolute atomic E-state index is 11.2. The zero-order chi connectivity index (χ0) is 9.68. The number of hydrogen-bond acceptors (Lipinski definition) is 3. The maximum atomic E-state index is 11.2. The van der Waals surface area contributed by atoms with Gasteiger partial charge in [0.05, 0.1) is 0 Å². The minimum Gasteiger partial charge on any atom is -0.383 e. The molecule has 0 aromatic rings. The summed E-state index contributed by atoms with van der Waals surface area (Å²) in [6.07, 6.45) is 4.66. The number of nitrogens with two attached hydrogens (primary N) is 1. The zero-order valence-corrected chi connectivity index (χ0v) is 7.57. The largest absolute Gasteiger partial charge is 0.383 e. The third-order valence-corrected chi connectivity index (χ3v) is 2.03. The first-order valence-corrected chi connectivity index (χ1v) is 4.56. The molecule has 4 N–H and O–H groups in total. The molecule has 74 valence electrons. The molecule has 1 atom stereocenters. The highest BCUT2D eigenvalue weighted by atomic mass is 16.3. The van der Waals surface area contributed by atoms with Crippen molar-refractivity contribution in [1.29, 1.82) is 0 Å². The third-order valence-electron chi connectivity index (χ3n) is 2.03. The van der Waals surface area contributed by atoms with E-state index in [0.29, 0.717) is 13.1 Å². The molecule has 4 nitrogen and oxygen atoms in total. The van der Waals surface area contributed by atoms with Crippen molar-refractivity contribution in [1.82, 2.24) is 5.32 Å². The van der Waals surface area contributed by atoms with E-state index < -0.39 is 6.10 Å². The van der Waals surface area contributed by atoms with Crippen LogP contribution in [0, 0.1) is 5.92 Å². The molecule has 0 saturated heterocycles. The average molecular weight is 184 g/mol. The van der Waals surface area contributed by atoms with Crippen molar-refractivity contribution in [2.24, 2.45) is 11.7 Å². The molecule has 0 heterocycles. The molecule has 1 saturated carbocycles. The number of carbonyl (C=O) groups is 1. The van der Waals surface area contributed by atoms with Crippen LogP contribution < -0.4 is 11.1 Å². The predicted molar refractivity (Wildman–Crippen MR) is 49.9 cm³/mol. The molecule has 13 heavy (non-hydrogen) atoms. The monoisotopic (exact) mass is 184 g/mol. The Labute approximate surface area is 77.8 Å². The molecule has 0 unspecified atom stereocenters. The molecule has 0 aromatic heterocycles. The van der Waals surface area contributed by atoms with Gasteiger partial charge in [-0.05, 0) is 18.8 Å². The van der Waals surface area contributed by atoms with Crippen LogP contribution in [-0.4, -0.2) is 30.2 Å². The maximum Gasteiger partial charge on any atom is 0.249 e. The van der Waals surface area contributed by atoms with E-state index in [2.05, 4.69) is 5.32 Å². The number of nitrogens with one attached hydrogen (secondary N) is 1. The van der Waals surface area contributed by atoms with E-state index in [0.717, 1.165) is 12.8 Å². The van der Waals surface area contributed by atoms with Gasteiger partial charge in [-0.1, -0.05) is 12.2 Å². The lowest BCUT2D eigenvalue weighted by molar-refractivity contribution is -0.130. The van der Waals surface area contributed by atoms with Crippen LogP contribution in [0.1, 0.15) is 12.8 Å². The molecule has 0 spiro atoms. The molecule has 1 aliphatic rings. The fraction of sp³-hybridized carbons (Fsp3) is 0.667. The number of aliphatic hydroxyl groups excluding tert-OH is 1. The minimum absolute atomic E-state index is 0.193. The predicted octanol–water partition coefficient (Wildman–Crippen LogP) is -0.612. The second kappa shape index (κ2) is 4.99. The molecule has 1 rings (SSSR count). The highest BCUT2D eigenvalue weighted by molar-refractivity contribution is 5.81. The number of rotatable bonds is 5. The van der Waals surface area contributed by atoms with Gasteiger partial charge in [0, 0.05) is 13.1 Å². The van der Waals surface area contributed by atoms with E-state index in [1.165, 1.54) is 0 Å². The van der Waals surface area contributed by atoms with Crippen LogP contribution in [0.15, 0.2) is 12.2 Å². The van der Waals surface area contributed by atoms with E-state index in [4.69, 9.17) is 5.73 Å². The van der Waals surface area contributed by atoms with Gasteiger partial charge >= 0.3 is 0 Å². The van der Waals surface area contributed by atoms with Crippen LogP contribution in [-0.2, 0) is 4.79 Å². The number of aliphatic hydroxyl groups is 1. The molecular formula is C9H16N2O2. The zero-order valence-electron chi connectivity index (χ0n) is 7.57. The first-order chi connectivity index (χ1) is 6.25. The number of hydrogen-bond donors (Lipinski definition) is 3. The van der Waals surface area contributed by atoms with Crippen molar-refractivity contribution < 1.29 is 9.90 Å². The summed E-state index contributed by atoms with van der Waals surface area (Å²) in [7, 11) is 0. The smallest absolute Gasteiger partial charge is 0.249 e. The summed E-state index contributed by atoms with van der Waals surface area (Å²) in [5, 5.41) is 12.0. The van der Waals surface area contributed by atoms with Gasteiger partial charge in [0.2, 0.25) is 5.91 Å². The molecule has 1 aliphatic carbocycles. The molecule has 1 fully saturated rings. The van der Waals surface area contributed by atoms with E-state index >= 15 is 0 Å². The third kappa shape index (κ3) is 3.57. The first kappa shape index (κ1) is 10.2. The minimum atomic E-state index is -0.814. The first-order valence-electron chi connectivity index (χ1n) is 4.56. The SMILES string of the molecule is NCC=CCNC(=O)[C@@H](O)C1CC1. The van der Waals surface area contributed by atoms with Crippen molar-refractivity contribution >= 4 is 5.91 Å². The second-order valence-corrected chi connectivity index (χ2v) is 3.23. The summed E-state index contributed by atoms with van der Waals surface area (Å²) in [4.78, 5) is 11.2. The van der Waals surface area contributed by atoms with E-state index in [1.807, 2.05) is 0 Å². The summed E-state index contributed by atoms with van der Waals surface area (Å²) < 4.78 is 0. The van der Waals surface area contributed by atoms with Gasteiger partial charge in [0.1, 0.15) is 6.10 Å². The van der Waals surface area contributed by atoms with Gasteiger partial charge in [0.25, 0.3) is 0 Å². The summed E-state index contributed by atoms with van der Waals surface area (Å²) in [5.41, 5.74) is 5.21. The summed E-state index contributed by atoms with van der Waals surface area (Å²) in [6, 6.07) is 0. The quantitative estimate of drug-likeness (QED) is 0.499. The molecular weight excluding hydrogens is 168 g/mol. The summed E-state index contributed by atoms with van der Waals surface area (Å²) >= 11 is 0. The van der Waals surface area contributed by atoms with E-state index in [1.54, 1.807) is 12.2 Å². The average Bonchev–Trinajstić information content (AvgIpc) is 2.94. The Balaban J connectivity index is 2.12. The molecule has 4 heteroatoms. The Bertz CT molecular complexity index is 200. The van der Waals surface area contributed by atoms with Crippen LogP contribution in [0.25, 0.3) is 0 Å². The van der Waals surface area contributed by atoms with Crippen LogP contribution in [0.4, 0.5) is 0 Å². The lowest BCUT2D eigenvalue weighted by Crippen LogP contribution is -2.35. The fourth-order valence-electron chi connectivity index (χ4n) is 1.07. The van der Waals surface area contributed by atoms with Crippen molar-refractivity contribution in [2.45, 2.75) is 18.9 Å². The Morgan fingerprint density at radius 2 is 2.31 bits per heavy atom. The van der Waals surface area contributed by atoms with Crippen molar-refractivity contribution in [3.8, 4) is 0 Å². The van der Waals surface area contributed by atoms with Crippen molar-refractivity contribution in [3.63, 3.8) is 0 Å². The normalized spacial score (nSPS) is 18.9. The van der Waals surface area contributed by atoms with Crippen LogP contribution in [0.3, 0.4) is 0 Å². The van der Waals surface area contributed by atoms with Gasteiger partial charge in [-0.25, -0.2) is 0 Å². The van der Waals surface area contributed by atoms with Crippen LogP contribution >= 0.6 is 0 Å². The molecule has 1 amide bonds. The standard InChI is InChI=1S/C9H16N2O2/c10-5-1-2-6-11-9(13)8(12)7-3-4-7/h1-2,7-8,12H,3-6,10H2,(H,11,13)/t8-/m0/s1. The molecule has 0 radical (unpaired) electrons. The highest BCUT2D eigenvalue weighted by Gasteiger charge is 2.34. The molecule has 0 aliphatic heterocycles. The lowest BCUT2D eigenvalue weighted by Gasteiger charge is -2.07. The van der Waals surface area contributed by atoms with Gasteiger partial charge in [-0.3, -0.25) is 4.79 Å². The van der Waals surface area contributed by atoms with Gasteiger partial charge in [-0.15, -0.1) is 0 Å². The van der Waals surface area contributed by atoms with E-state index in [-0.39, 0.29) is 11.8 Å². The lowest BCUT2D eigenvalue weighted by atomic mass is 10.2. The number of carbonyl (C=O) groups excluding carboxylic acids is 1. The highest BCUT2D eigenvalue weighted by Crippen LogP contribution is 2.32. The molecule has 0 bridgehead atoms. The van der Waals surface area contributed by atoms with Crippen LogP contribution in [0.2, 0.25) is 0 Å². The Kier molecular flexibility index (Phi) is 3.92. The fourth-order valence-corrected chi connectivity index (χ4v) is 1.07. The van der Waals surface area contributed by atoms with Gasteiger partial charge in [0.15, 0.2) is 0 Å². The Morgan fingerprint density at radius 3 is 2.85 bits per heavy atom. The Hall–Kier alpha value is -0.870. The summed E-state index contributed by atoms with van der Waals surface area (Å²) in [5.74, 6) is -0.0809. The van der Waals surface area contributed by atoms with Crippen molar-refractivity contribution in [3.05, 3.63) is 12.2 Å². The topological polar surface area (TPSA) is 75.3 Å². The van der Waals surface area contributed by atoms with Crippen LogP contribution in [0.5, 0.6) is 0 Å². The summed E-state index contributed by atoms with van der Waals surface area (Å²) in [6.45, 7) is 0.918. The van der Waals surface area contributed by atoms with Crippen molar-refractivity contribution in [2.75, 3.05) is 13.1 Å². The van der Waals surface area contributed by atoms with E-state index in [9.17, 15) is 9.90 Å². The second-order valence-electron chi connectivity index (χ2n) is 3.23. The van der Waals surface area contributed by atoms with Gasteiger partial charge < -0.3 is 16.2 Å². The van der Waals surface area contributed by atoms with Gasteiger partial charge in [-0.2, -0.15) is 0 Å².